The molecule has 0 saturated heterocycles. The Morgan fingerprint density at radius 3 is 2.67 bits per heavy atom. The topological polar surface area (TPSA) is 26.0 Å². The van der Waals surface area contributed by atoms with Crippen LogP contribution in [-0.2, 0) is 5.75 Å². The van der Waals surface area contributed by atoms with Crippen molar-refractivity contribution in [3.8, 4) is 0 Å². The number of hydrogen-bond donors (Lipinski definition) is 1. The van der Waals surface area contributed by atoms with Crippen molar-refractivity contribution < 1.29 is 0 Å². The van der Waals surface area contributed by atoms with Crippen LogP contribution in [0.2, 0.25) is 0 Å². The number of nitrogens with two attached hydrogens (primary N) is 1. The molecule has 0 fully saturated rings. The van der Waals surface area contributed by atoms with Gasteiger partial charge in [-0.05, 0) is 40.2 Å². The minimum Gasteiger partial charge on any atom is -0.398 e. The van der Waals surface area contributed by atoms with Gasteiger partial charge in [0.1, 0.15) is 0 Å². The van der Waals surface area contributed by atoms with Gasteiger partial charge in [0.25, 0.3) is 0 Å². The number of para-hydroxylation sites is 1. The lowest BCUT2D eigenvalue weighted by molar-refractivity contribution is 1.43. The van der Waals surface area contributed by atoms with Gasteiger partial charge in [-0.1, -0.05) is 12.1 Å². The lowest BCUT2D eigenvalue weighted by Crippen LogP contribution is -1.87. The number of thioether (sulfide) groups is 1. The Morgan fingerprint density at radius 2 is 2.00 bits per heavy atom. The average Bonchev–Trinajstić information content (AvgIpc) is 2.63. The zero-order valence-corrected chi connectivity index (χ0v) is 11.2. The molecule has 0 aliphatic heterocycles. The summed E-state index contributed by atoms with van der Waals surface area (Å²) >= 11 is 7.00. The summed E-state index contributed by atoms with van der Waals surface area (Å²) in [7, 11) is 0. The Labute approximate surface area is 106 Å². The lowest BCUT2D eigenvalue weighted by Gasteiger charge is -2.02. The van der Waals surface area contributed by atoms with Crippen molar-refractivity contribution in [2.24, 2.45) is 0 Å². The second-order valence-electron chi connectivity index (χ2n) is 3.03. The summed E-state index contributed by atoms with van der Waals surface area (Å²) in [6.07, 6.45) is 0. The quantitative estimate of drug-likeness (QED) is 0.672. The zero-order valence-electron chi connectivity index (χ0n) is 7.94. The summed E-state index contributed by atoms with van der Waals surface area (Å²) < 4.78 is 1.18. The Morgan fingerprint density at radius 1 is 1.20 bits per heavy atom. The van der Waals surface area contributed by atoms with Crippen LogP contribution in [0, 0.1) is 0 Å². The van der Waals surface area contributed by atoms with E-state index in [1.165, 1.54) is 8.66 Å². The van der Waals surface area contributed by atoms with Crippen molar-refractivity contribution >= 4 is 44.7 Å². The molecule has 0 bridgehead atoms. The number of hydrogen-bond acceptors (Lipinski definition) is 3. The van der Waals surface area contributed by atoms with Crippen LogP contribution in [0.5, 0.6) is 0 Å². The van der Waals surface area contributed by atoms with Crippen molar-refractivity contribution in [2.45, 2.75) is 10.6 Å². The molecule has 0 radical (unpaired) electrons. The molecule has 4 heteroatoms. The third-order valence-electron chi connectivity index (χ3n) is 1.92. The molecule has 15 heavy (non-hydrogen) atoms. The maximum Gasteiger partial charge on any atom is 0.0701 e. The number of nitrogen functional groups attached to an aromatic ring is 1. The molecule has 1 aromatic heterocycles. The predicted octanol–water partition coefficient (Wildman–Crippen LogP) is 4.39. The molecule has 0 aliphatic rings. The smallest absolute Gasteiger partial charge is 0.0701 e. The van der Waals surface area contributed by atoms with Crippen LogP contribution in [-0.4, -0.2) is 0 Å². The van der Waals surface area contributed by atoms with Gasteiger partial charge in [-0.3, -0.25) is 0 Å². The van der Waals surface area contributed by atoms with Gasteiger partial charge in [0.2, 0.25) is 0 Å². The van der Waals surface area contributed by atoms with Crippen LogP contribution >= 0.6 is 39.0 Å². The van der Waals surface area contributed by atoms with Gasteiger partial charge in [0.05, 0.1) is 3.79 Å². The van der Waals surface area contributed by atoms with Crippen LogP contribution in [0.15, 0.2) is 45.1 Å². The number of thiophene rings is 1. The summed E-state index contributed by atoms with van der Waals surface area (Å²) in [5.74, 6) is 0.977. The highest BCUT2D eigenvalue weighted by Gasteiger charge is 2.01. The molecular formula is C11H10BrNS2. The Balaban J connectivity index is 2.02. The van der Waals surface area contributed by atoms with E-state index in [0.717, 1.165) is 16.3 Å². The molecule has 2 aromatic rings. The van der Waals surface area contributed by atoms with Crippen molar-refractivity contribution in [3.63, 3.8) is 0 Å². The molecule has 1 aromatic carbocycles. The van der Waals surface area contributed by atoms with E-state index in [2.05, 4.69) is 34.1 Å². The molecule has 0 spiro atoms. The molecule has 0 aliphatic carbocycles. The van der Waals surface area contributed by atoms with E-state index in [9.17, 15) is 0 Å². The predicted molar refractivity (Wildman–Crippen MR) is 72.4 cm³/mol. The van der Waals surface area contributed by atoms with Crippen LogP contribution in [0.1, 0.15) is 4.88 Å². The van der Waals surface area contributed by atoms with Gasteiger partial charge < -0.3 is 5.73 Å². The summed E-state index contributed by atoms with van der Waals surface area (Å²) in [6.45, 7) is 0. The highest BCUT2D eigenvalue weighted by Crippen LogP contribution is 2.31. The molecule has 0 amide bonds. The van der Waals surface area contributed by atoms with Crippen molar-refractivity contribution in [3.05, 3.63) is 45.1 Å². The van der Waals surface area contributed by atoms with Crippen molar-refractivity contribution in [2.75, 3.05) is 5.73 Å². The highest BCUT2D eigenvalue weighted by atomic mass is 79.9. The Kier molecular flexibility index (Phi) is 3.72. The van der Waals surface area contributed by atoms with E-state index in [-0.39, 0.29) is 0 Å². The summed E-state index contributed by atoms with van der Waals surface area (Å²) in [5.41, 5.74) is 6.72. The molecule has 1 nitrogen and oxygen atoms in total. The average molecular weight is 300 g/mol. The molecule has 78 valence electrons. The normalized spacial score (nSPS) is 10.5. The Bertz CT molecular complexity index is 453. The third kappa shape index (κ3) is 3.00. The summed E-state index contributed by atoms with van der Waals surface area (Å²) in [4.78, 5) is 2.51. The van der Waals surface area contributed by atoms with E-state index >= 15 is 0 Å². The summed E-state index contributed by atoms with van der Waals surface area (Å²) in [5, 5.41) is 0. The van der Waals surface area contributed by atoms with Gasteiger partial charge in [0.15, 0.2) is 0 Å². The number of benzene rings is 1. The first-order chi connectivity index (χ1) is 7.25. The number of rotatable bonds is 3. The van der Waals surface area contributed by atoms with Crippen LogP contribution in [0.3, 0.4) is 0 Å². The molecular weight excluding hydrogens is 290 g/mol. The number of anilines is 1. The van der Waals surface area contributed by atoms with E-state index in [4.69, 9.17) is 5.73 Å². The van der Waals surface area contributed by atoms with Crippen LogP contribution < -0.4 is 5.73 Å². The maximum absolute atomic E-state index is 5.86. The second-order valence-corrected chi connectivity index (χ2v) is 6.60. The molecule has 0 unspecified atom stereocenters. The van der Waals surface area contributed by atoms with Gasteiger partial charge in [0, 0.05) is 21.2 Å². The third-order valence-corrected chi connectivity index (χ3v) is 4.86. The molecule has 0 saturated carbocycles. The van der Waals surface area contributed by atoms with E-state index in [1.54, 1.807) is 23.1 Å². The lowest BCUT2D eigenvalue weighted by atomic mass is 10.3. The molecule has 2 N–H and O–H groups in total. The second kappa shape index (κ2) is 5.05. The largest absolute Gasteiger partial charge is 0.398 e. The first-order valence-corrected chi connectivity index (χ1v) is 7.07. The van der Waals surface area contributed by atoms with Crippen molar-refractivity contribution in [1.82, 2.24) is 0 Å². The fourth-order valence-electron chi connectivity index (χ4n) is 1.19. The minimum atomic E-state index is 0.859. The van der Waals surface area contributed by atoms with E-state index < -0.39 is 0 Å². The van der Waals surface area contributed by atoms with Crippen LogP contribution in [0.25, 0.3) is 0 Å². The monoisotopic (exact) mass is 299 g/mol. The fraction of sp³-hybridized carbons (Fsp3) is 0.0909. The van der Waals surface area contributed by atoms with Gasteiger partial charge in [-0.2, -0.15) is 0 Å². The Hall–Kier alpha value is -0.450. The van der Waals surface area contributed by atoms with E-state index in [0.29, 0.717) is 0 Å². The van der Waals surface area contributed by atoms with Gasteiger partial charge in [-0.15, -0.1) is 23.1 Å². The standard InChI is InChI=1S/C11H10BrNS2/c12-11-6-5-8(15-11)7-14-10-4-2-1-3-9(10)13/h1-6H,7,13H2. The molecule has 0 atom stereocenters. The van der Waals surface area contributed by atoms with Gasteiger partial charge in [-0.25, -0.2) is 0 Å². The first-order valence-electron chi connectivity index (χ1n) is 4.47. The van der Waals surface area contributed by atoms with Crippen LogP contribution in [0.4, 0.5) is 5.69 Å². The first kappa shape index (κ1) is 11.0. The SMILES string of the molecule is Nc1ccccc1SCc1ccc(Br)s1. The number of halogens is 1. The highest BCUT2D eigenvalue weighted by molar-refractivity contribution is 9.11. The van der Waals surface area contributed by atoms with Crippen molar-refractivity contribution in [1.29, 1.82) is 0 Å². The van der Waals surface area contributed by atoms with E-state index in [1.807, 2.05) is 18.2 Å². The maximum atomic E-state index is 5.86. The summed E-state index contributed by atoms with van der Waals surface area (Å²) in [6, 6.07) is 12.2. The molecule has 1 heterocycles. The fourth-order valence-corrected chi connectivity index (χ4v) is 3.68. The molecule has 2 rings (SSSR count). The zero-order chi connectivity index (χ0) is 10.7. The minimum absolute atomic E-state index is 0.859. The van der Waals surface area contributed by atoms with Gasteiger partial charge >= 0.3 is 0 Å².